The van der Waals surface area contributed by atoms with Crippen molar-refractivity contribution in [3.63, 3.8) is 0 Å². The summed E-state index contributed by atoms with van der Waals surface area (Å²) in [5, 5.41) is 0. The Morgan fingerprint density at radius 1 is 0.154 bits per heavy atom. The van der Waals surface area contributed by atoms with Crippen molar-refractivity contribution in [3.8, 4) is 135 Å². The minimum atomic E-state index is 0.528. The van der Waals surface area contributed by atoms with Crippen molar-refractivity contribution in [1.29, 1.82) is 0 Å². The SMILES string of the molecule is c1ccc(-c2ccc(-c3cc(-c4cc(-c5ccc(-c6cc(-c7ccccn7)nc(-c7ccccn7)c6)cc5)cc(-c5nc(-c6ccccc6)nc(-c6ccc(-c7ccccc7)cc6)n5)c4)nc(-c4ccccc4)n3)cc2)cc1. The van der Waals surface area contributed by atoms with Crippen molar-refractivity contribution in [2.75, 3.05) is 0 Å². The molecule has 0 radical (unpaired) electrons. The number of hydrogen-bond acceptors (Lipinski definition) is 8. The van der Waals surface area contributed by atoms with Gasteiger partial charge in [0, 0.05) is 45.8 Å². The molecule has 0 aliphatic rings. The quantitative estimate of drug-likeness (QED) is 0.119. The van der Waals surface area contributed by atoms with Crippen molar-refractivity contribution in [2.45, 2.75) is 0 Å². The molecule has 13 rings (SSSR count). The molecule has 0 aliphatic carbocycles. The predicted octanol–water partition coefficient (Wildman–Crippen LogP) is 16.9. The van der Waals surface area contributed by atoms with Crippen molar-refractivity contribution in [3.05, 3.63) is 279 Å². The van der Waals surface area contributed by atoms with Crippen molar-refractivity contribution < 1.29 is 0 Å². The summed E-state index contributed by atoms with van der Waals surface area (Å²) in [5.74, 6) is 2.28. The van der Waals surface area contributed by atoms with Gasteiger partial charge >= 0.3 is 0 Å². The molecule has 0 spiro atoms. The molecule has 0 saturated heterocycles. The number of aromatic nitrogens is 8. The van der Waals surface area contributed by atoms with Crippen LogP contribution in [0.4, 0.5) is 0 Å². The maximum atomic E-state index is 5.34. The fourth-order valence-electron chi connectivity index (χ4n) is 9.63. The Hall–Kier alpha value is -10.7. The van der Waals surface area contributed by atoms with Crippen LogP contribution in [0.25, 0.3) is 135 Å². The summed E-state index contributed by atoms with van der Waals surface area (Å²) in [6.45, 7) is 0. The van der Waals surface area contributed by atoms with E-state index in [9.17, 15) is 0 Å². The van der Waals surface area contributed by atoms with E-state index in [1.165, 1.54) is 0 Å². The lowest BCUT2D eigenvalue weighted by Crippen LogP contribution is -2.01. The van der Waals surface area contributed by atoms with Gasteiger partial charge in [0.2, 0.25) is 0 Å². The molecule has 0 saturated carbocycles. The second-order valence-electron chi connectivity index (χ2n) is 18.8. The molecule has 366 valence electrons. The molecule has 0 N–H and O–H groups in total. The van der Waals surface area contributed by atoms with E-state index in [0.717, 1.165) is 112 Å². The molecule has 8 aromatic carbocycles. The lowest BCUT2D eigenvalue weighted by atomic mass is 9.95. The molecule has 0 bridgehead atoms. The Morgan fingerprint density at radius 2 is 0.462 bits per heavy atom. The van der Waals surface area contributed by atoms with Crippen LogP contribution < -0.4 is 0 Å². The maximum absolute atomic E-state index is 5.34. The zero-order valence-corrected chi connectivity index (χ0v) is 42.1. The molecular weight excluding hydrogens is 953 g/mol. The summed E-state index contributed by atoms with van der Waals surface area (Å²) >= 11 is 0. The highest BCUT2D eigenvalue weighted by Crippen LogP contribution is 2.37. The molecular formula is C70H46N8. The van der Waals surface area contributed by atoms with E-state index in [1.807, 2.05) is 97.1 Å². The van der Waals surface area contributed by atoms with Crippen LogP contribution in [0.1, 0.15) is 0 Å². The lowest BCUT2D eigenvalue weighted by Gasteiger charge is -2.14. The van der Waals surface area contributed by atoms with Gasteiger partial charge in [-0.25, -0.2) is 29.9 Å². The Kier molecular flexibility index (Phi) is 12.8. The third-order valence-electron chi connectivity index (χ3n) is 13.7. The van der Waals surface area contributed by atoms with Crippen LogP contribution >= 0.6 is 0 Å². The van der Waals surface area contributed by atoms with Gasteiger partial charge in [0.15, 0.2) is 23.3 Å². The number of hydrogen-bond donors (Lipinski definition) is 0. The minimum Gasteiger partial charge on any atom is -0.255 e. The van der Waals surface area contributed by atoms with Crippen LogP contribution in [0.3, 0.4) is 0 Å². The van der Waals surface area contributed by atoms with E-state index in [2.05, 4.69) is 180 Å². The van der Waals surface area contributed by atoms with Gasteiger partial charge in [-0.1, -0.05) is 206 Å². The highest BCUT2D eigenvalue weighted by atomic mass is 15.0. The lowest BCUT2D eigenvalue weighted by molar-refractivity contribution is 1.07. The van der Waals surface area contributed by atoms with E-state index in [4.69, 9.17) is 29.9 Å². The zero-order valence-electron chi connectivity index (χ0n) is 42.1. The highest BCUT2D eigenvalue weighted by Gasteiger charge is 2.19. The van der Waals surface area contributed by atoms with E-state index in [0.29, 0.717) is 23.3 Å². The van der Waals surface area contributed by atoms with Gasteiger partial charge in [0.05, 0.1) is 34.2 Å². The fourth-order valence-corrected chi connectivity index (χ4v) is 9.63. The molecule has 0 fully saturated rings. The molecule has 0 aliphatic heterocycles. The molecule has 8 heteroatoms. The molecule has 78 heavy (non-hydrogen) atoms. The van der Waals surface area contributed by atoms with E-state index in [-0.39, 0.29) is 0 Å². The number of benzene rings is 8. The minimum absolute atomic E-state index is 0.528. The summed E-state index contributed by atoms with van der Waals surface area (Å²) in [4.78, 5) is 40.5. The van der Waals surface area contributed by atoms with Crippen molar-refractivity contribution >= 4 is 0 Å². The average Bonchev–Trinajstić information content (AvgIpc) is 3.56. The second kappa shape index (κ2) is 21.3. The summed E-state index contributed by atoms with van der Waals surface area (Å²) in [6.07, 6.45) is 3.58. The van der Waals surface area contributed by atoms with Crippen LogP contribution in [0.5, 0.6) is 0 Å². The van der Waals surface area contributed by atoms with Crippen LogP contribution in [0, 0.1) is 0 Å². The zero-order chi connectivity index (χ0) is 52.0. The monoisotopic (exact) mass is 998 g/mol. The molecule has 0 amide bonds. The van der Waals surface area contributed by atoms with Gasteiger partial charge in [-0.05, 0) is 105 Å². The predicted molar refractivity (Wildman–Crippen MR) is 314 cm³/mol. The number of pyridine rings is 3. The van der Waals surface area contributed by atoms with Crippen LogP contribution in [-0.4, -0.2) is 39.9 Å². The Labute approximate surface area is 452 Å². The van der Waals surface area contributed by atoms with Crippen LogP contribution in [0.15, 0.2) is 279 Å². The highest BCUT2D eigenvalue weighted by molar-refractivity contribution is 5.84. The average molecular weight is 999 g/mol. The van der Waals surface area contributed by atoms with E-state index < -0.39 is 0 Å². The smallest absolute Gasteiger partial charge is 0.164 e. The molecule has 0 atom stereocenters. The van der Waals surface area contributed by atoms with Gasteiger partial charge in [-0.15, -0.1) is 0 Å². The standard InChI is InChI=1S/C70H46N8/c1-5-17-47(18-6-1)49-31-35-53(36-32-49)63-46-64(75-67(74-63)54-21-9-3-10-22-54)59-41-57(51-27-29-52(30-28-51)58-44-65(61-25-13-15-39-71-61)73-66(45-58)62-26-14-16-40-72-62)42-60(43-59)70-77-68(55-23-11-4-12-24-55)76-69(78-70)56-37-33-50(34-38-56)48-19-7-2-8-20-48/h1-46H. The van der Waals surface area contributed by atoms with Crippen molar-refractivity contribution in [1.82, 2.24) is 39.9 Å². The second-order valence-corrected chi connectivity index (χ2v) is 18.8. The van der Waals surface area contributed by atoms with E-state index in [1.54, 1.807) is 12.4 Å². The summed E-state index contributed by atoms with van der Waals surface area (Å²) < 4.78 is 0. The molecule has 0 unspecified atom stereocenters. The van der Waals surface area contributed by atoms with Crippen LogP contribution in [-0.2, 0) is 0 Å². The maximum Gasteiger partial charge on any atom is 0.164 e. The molecule has 5 aromatic heterocycles. The summed E-state index contributed by atoms with van der Waals surface area (Å²) in [5.41, 5.74) is 18.5. The first kappa shape index (κ1) is 47.0. The molecule has 13 aromatic rings. The first-order valence-electron chi connectivity index (χ1n) is 25.8. The van der Waals surface area contributed by atoms with Crippen molar-refractivity contribution in [2.24, 2.45) is 0 Å². The van der Waals surface area contributed by atoms with Gasteiger partial charge in [-0.3, -0.25) is 9.97 Å². The number of nitrogens with zero attached hydrogens (tertiary/aromatic N) is 8. The Bertz CT molecular complexity index is 3940. The van der Waals surface area contributed by atoms with Gasteiger partial charge in [0.25, 0.3) is 0 Å². The van der Waals surface area contributed by atoms with Gasteiger partial charge < -0.3 is 0 Å². The topological polar surface area (TPSA) is 103 Å². The summed E-state index contributed by atoms with van der Waals surface area (Å²) in [7, 11) is 0. The first-order valence-corrected chi connectivity index (χ1v) is 25.8. The van der Waals surface area contributed by atoms with E-state index >= 15 is 0 Å². The molecule has 8 nitrogen and oxygen atoms in total. The Morgan fingerprint density at radius 3 is 0.910 bits per heavy atom. The third kappa shape index (κ3) is 10.1. The summed E-state index contributed by atoms with van der Waals surface area (Å²) in [6, 6.07) is 91.1. The Balaban J connectivity index is 0.974. The van der Waals surface area contributed by atoms with Gasteiger partial charge in [0.1, 0.15) is 0 Å². The third-order valence-corrected chi connectivity index (χ3v) is 13.7. The molecule has 5 heterocycles. The number of rotatable bonds is 12. The fraction of sp³-hybridized carbons (Fsp3) is 0. The largest absolute Gasteiger partial charge is 0.255 e. The normalized spacial score (nSPS) is 11.1. The van der Waals surface area contributed by atoms with Crippen LogP contribution in [0.2, 0.25) is 0 Å². The first-order chi connectivity index (χ1) is 38.6. The van der Waals surface area contributed by atoms with Gasteiger partial charge in [-0.2, -0.15) is 0 Å².